The Bertz CT molecular complexity index is 2280. The summed E-state index contributed by atoms with van der Waals surface area (Å²) < 4.78 is 6.60. The molecule has 0 aliphatic heterocycles. The first kappa shape index (κ1) is 24.9. The molecule has 1 nitrogen and oxygen atoms in total. The van der Waals surface area contributed by atoms with Gasteiger partial charge in [-0.2, -0.15) is 0 Å². The average molecular weight is 561 g/mol. The fourth-order valence-corrected chi connectivity index (χ4v) is 7.09. The Hall–Kier alpha value is -5.66. The maximum Gasteiger partial charge on any atom is 0.143 e. The van der Waals surface area contributed by atoms with Crippen molar-refractivity contribution < 1.29 is 4.42 Å². The van der Waals surface area contributed by atoms with E-state index in [4.69, 9.17) is 4.42 Å². The molecule has 0 radical (unpaired) electrons. The second-order valence-corrected chi connectivity index (χ2v) is 11.7. The van der Waals surface area contributed by atoms with Crippen LogP contribution in [0.5, 0.6) is 0 Å². The number of rotatable bonds is 4. The molecule has 0 bridgehead atoms. The molecule has 0 spiro atoms. The summed E-state index contributed by atoms with van der Waals surface area (Å²) in [6.45, 7) is 0. The third kappa shape index (κ3) is 3.94. The maximum absolute atomic E-state index is 6.60. The number of fused-ring (bicyclic) bond motifs is 6. The highest BCUT2D eigenvalue weighted by Crippen LogP contribution is 2.48. The summed E-state index contributed by atoms with van der Waals surface area (Å²) in [5.74, 6) is 0.213. The third-order valence-electron chi connectivity index (χ3n) is 9.19. The molecule has 0 amide bonds. The van der Waals surface area contributed by atoms with Gasteiger partial charge in [-0.15, -0.1) is 0 Å². The monoisotopic (exact) mass is 560 g/mol. The van der Waals surface area contributed by atoms with Crippen molar-refractivity contribution in [2.75, 3.05) is 0 Å². The van der Waals surface area contributed by atoms with Gasteiger partial charge in [-0.25, -0.2) is 0 Å². The lowest BCUT2D eigenvalue weighted by Gasteiger charge is -2.14. The SMILES string of the molecule is c1ccc(-c2ccc(-c3cccc(-c4cccc5c4oc4ccc(C6c7ccccc7-c7ccccc76)cc45)c3)cc2)cc1. The third-order valence-corrected chi connectivity index (χ3v) is 9.19. The van der Waals surface area contributed by atoms with E-state index in [9.17, 15) is 0 Å². The first-order valence-electron chi connectivity index (χ1n) is 15.2. The van der Waals surface area contributed by atoms with Crippen molar-refractivity contribution in [2.24, 2.45) is 0 Å². The molecule has 44 heavy (non-hydrogen) atoms. The molecule has 1 aliphatic carbocycles. The van der Waals surface area contributed by atoms with Crippen LogP contribution >= 0.6 is 0 Å². The van der Waals surface area contributed by atoms with Crippen LogP contribution in [0.1, 0.15) is 22.6 Å². The summed E-state index contributed by atoms with van der Waals surface area (Å²) in [6, 6.07) is 59.0. The van der Waals surface area contributed by atoms with Crippen LogP contribution in [0.2, 0.25) is 0 Å². The summed E-state index contributed by atoms with van der Waals surface area (Å²) in [5, 5.41) is 2.31. The zero-order valence-electron chi connectivity index (χ0n) is 24.1. The van der Waals surface area contributed by atoms with Crippen molar-refractivity contribution in [2.45, 2.75) is 5.92 Å². The number of hydrogen-bond acceptors (Lipinski definition) is 1. The van der Waals surface area contributed by atoms with Crippen molar-refractivity contribution in [3.8, 4) is 44.5 Å². The number of para-hydroxylation sites is 1. The van der Waals surface area contributed by atoms with Gasteiger partial charge in [0, 0.05) is 22.3 Å². The molecule has 0 saturated heterocycles. The van der Waals surface area contributed by atoms with Gasteiger partial charge in [-0.1, -0.05) is 146 Å². The van der Waals surface area contributed by atoms with Crippen molar-refractivity contribution in [1.82, 2.24) is 0 Å². The minimum atomic E-state index is 0.213. The summed E-state index contributed by atoms with van der Waals surface area (Å²) in [6.07, 6.45) is 0. The summed E-state index contributed by atoms with van der Waals surface area (Å²) in [5.41, 5.74) is 15.7. The Balaban J connectivity index is 1.12. The van der Waals surface area contributed by atoms with Crippen LogP contribution < -0.4 is 0 Å². The van der Waals surface area contributed by atoms with Crippen LogP contribution in [0.4, 0.5) is 0 Å². The Morgan fingerprint density at radius 1 is 0.364 bits per heavy atom. The van der Waals surface area contributed by atoms with E-state index >= 15 is 0 Å². The standard InChI is InChI=1S/C43H28O/c1-2-10-28(11-3-1)29-20-22-30(23-21-29)31-12-8-13-32(26-31)34-18-9-19-39-40-27-33(24-25-41(40)44-43(34)39)42-37-16-6-4-14-35(37)36-15-5-7-17-38(36)42/h1-27,42H. The fourth-order valence-electron chi connectivity index (χ4n) is 7.09. The Morgan fingerprint density at radius 2 is 0.932 bits per heavy atom. The number of benzene rings is 7. The second-order valence-electron chi connectivity index (χ2n) is 11.7. The lowest BCUT2D eigenvalue weighted by atomic mass is 9.88. The van der Waals surface area contributed by atoms with Crippen molar-refractivity contribution in [3.05, 3.63) is 180 Å². The lowest BCUT2D eigenvalue weighted by molar-refractivity contribution is 0.670. The van der Waals surface area contributed by atoms with Gasteiger partial charge >= 0.3 is 0 Å². The smallest absolute Gasteiger partial charge is 0.143 e. The molecule has 1 heteroatoms. The molecular formula is C43H28O. The van der Waals surface area contributed by atoms with Gasteiger partial charge in [0.15, 0.2) is 0 Å². The van der Waals surface area contributed by atoms with Crippen molar-refractivity contribution >= 4 is 21.9 Å². The van der Waals surface area contributed by atoms with E-state index in [1.165, 1.54) is 50.1 Å². The molecule has 1 aliphatic rings. The van der Waals surface area contributed by atoms with Crippen molar-refractivity contribution in [3.63, 3.8) is 0 Å². The molecule has 9 rings (SSSR count). The predicted octanol–water partition coefficient (Wildman–Crippen LogP) is 11.7. The quantitative estimate of drug-likeness (QED) is 0.209. The lowest BCUT2D eigenvalue weighted by Crippen LogP contribution is -1.98. The first-order chi connectivity index (χ1) is 21.8. The van der Waals surface area contributed by atoms with E-state index in [1.54, 1.807) is 0 Å². The van der Waals surface area contributed by atoms with Crippen LogP contribution in [0.25, 0.3) is 66.4 Å². The van der Waals surface area contributed by atoms with Crippen LogP contribution in [-0.4, -0.2) is 0 Å². The molecule has 0 saturated carbocycles. The van der Waals surface area contributed by atoms with Crippen LogP contribution in [0.15, 0.2) is 168 Å². The van der Waals surface area contributed by atoms with E-state index < -0.39 is 0 Å². The van der Waals surface area contributed by atoms with Gasteiger partial charge in [0.25, 0.3) is 0 Å². The summed E-state index contributed by atoms with van der Waals surface area (Å²) >= 11 is 0. The van der Waals surface area contributed by atoms with E-state index in [0.717, 1.165) is 33.1 Å². The molecule has 0 N–H and O–H groups in total. The zero-order chi connectivity index (χ0) is 29.0. The first-order valence-corrected chi connectivity index (χ1v) is 15.2. The van der Waals surface area contributed by atoms with Crippen LogP contribution in [0, 0.1) is 0 Å². The molecule has 0 atom stereocenters. The van der Waals surface area contributed by atoms with Gasteiger partial charge < -0.3 is 4.42 Å². The molecule has 0 unspecified atom stereocenters. The zero-order valence-corrected chi connectivity index (χ0v) is 24.1. The number of furan rings is 1. The van der Waals surface area contributed by atoms with Crippen LogP contribution in [-0.2, 0) is 0 Å². The average Bonchev–Trinajstić information content (AvgIpc) is 3.64. The molecule has 1 aromatic heterocycles. The van der Waals surface area contributed by atoms with Crippen LogP contribution in [0.3, 0.4) is 0 Å². The van der Waals surface area contributed by atoms with Gasteiger partial charge in [-0.05, 0) is 73.8 Å². The van der Waals surface area contributed by atoms with Crippen molar-refractivity contribution in [1.29, 1.82) is 0 Å². The van der Waals surface area contributed by atoms with E-state index in [2.05, 4.69) is 164 Å². The normalized spacial score (nSPS) is 12.5. The minimum Gasteiger partial charge on any atom is -0.455 e. The number of hydrogen-bond donors (Lipinski definition) is 0. The molecule has 0 fully saturated rings. The predicted molar refractivity (Wildman–Crippen MR) is 183 cm³/mol. The largest absolute Gasteiger partial charge is 0.455 e. The summed E-state index contributed by atoms with van der Waals surface area (Å²) in [7, 11) is 0. The van der Waals surface area contributed by atoms with Gasteiger partial charge in [-0.3, -0.25) is 0 Å². The summed E-state index contributed by atoms with van der Waals surface area (Å²) in [4.78, 5) is 0. The van der Waals surface area contributed by atoms with E-state index in [0.29, 0.717) is 0 Å². The molecule has 8 aromatic rings. The second kappa shape index (κ2) is 9.97. The minimum absolute atomic E-state index is 0.213. The van der Waals surface area contributed by atoms with Gasteiger partial charge in [0.05, 0.1) is 0 Å². The maximum atomic E-state index is 6.60. The Morgan fingerprint density at radius 3 is 1.68 bits per heavy atom. The fraction of sp³-hybridized carbons (Fsp3) is 0.0233. The molecule has 206 valence electrons. The van der Waals surface area contributed by atoms with Gasteiger partial charge in [0.2, 0.25) is 0 Å². The van der Waals surface area contributed by atoms with E-state index in [-0.39, 0.29) is 5.92 Å². The molecule has 1 heterocycles. The highest BCUT2D eigenvalue weighted by atomic mass is 16.3. The molecule has 7 aromatic carbocycles. The Labute approximate surface area is 256 Å². The Kier molecular flexibility index (Phi) is 5.64. The molecular weight excluding hydrogens is 532 g/mol. The topological polar surface area (TPSA) is 13.1 Å². The highest BCUT2D eigenvalue weighted by Gasteiger charge is 2.29. The van der Waals surface area contributed by atoms with E-state index in [1.807, 2.05) is 0 Å². The highest BCUT2D eigenvalue weighted by molar-refractivity contribution is 6.10. The van der Waals surface area contributed by atoms with Gasteiger partial charge in [0.1, 0.15) is 11.2 Å².